The van der Waals surface area contributed by atoms with E-state index in [1.165, 1.54) is 23.1 Å². The third-order valence-electron chi connectivity index (χ3n) is 4.51. The molecule has 1 aromatic heterocycles. The zero-order chi connectivity index (χ0) is 20.6. The van der Waals surface area contributed by atoms with Gasteiger partial charge in [-0.25, -0.2) is 0 Å². The molecule has 1 aliphatic heterocycles. The van der Waals surface area contributed by atoms with Crippen LogP contribution in [0.15, 0.2) is 28.6 Å². The zero-order valence-corrected chi connectivity index (χ0v) is 18.1. The molecule has 156 valence electrons. The van der Waals surface area contributed by atoms with E-state index >= 15 is 0 Å². The molecule has 0 spiro atoms. The molecule has 0 atom stereocenters. The highest BCUT2D eigenvalue weighted by Gasteiger charge is 2.28. The molecule has 0 radical (unpaired) electrons. The van der Waals surface area contributed by atoms with Crippen LogP contribution in [0, 0.1) is 5.92 Å². The fourth-order valence-corrected chi connectivity index (χ4v) is 4.66. The second-order valence-corrected chi connectivity index (χ2v) is 8.63. The summed E-state index contributed by atoms with van der Waals surface area (Å²) in [5.74, 6) is 0.859. The Morgan fingerprint density at radius 2 is 2.10 bits per heavy atom. The van der Waals surface area contributed by atoms with Gasteiger partial charge in [-0.15, -0.1) is 10.2 Å². The predicted molar refractivity (Wildman–Crippen MR) is 113 cm³/mol. The van der Waals surface area contributed by atoms with E-state index in [1.807, 2.05) is 24.3 Å². The lowest BCUT2D eigenvalue weighted by molar-refractivity contribution is -0.151. The van der Waals surface area contributed by atoms with Gasteiger partial charge in [-0.05, 0) is 31.9 Å². The number of amides is 1. The van der Waals surface area contributed by atoms with Gasteiger partial charge in [-0.1, -0.05) is 29.2 Å². The van der Waals surface area contributed by atoms with Crippen molar-refractivity contribution < 1.29 is 19.1 Å². The average Bonchev–Trinajstić information content (AvgIpc) is 3.19. The maximum absolute atomic E-state index is 12.5. The molecule has 8 nitrogen and oxygen atoms in total. The molecule has 2 heterocycles. The number of carbonyl (C=O) groups is 2. The van der Waals surface area contributed by atoms with E-state index < -0.39 is 0 Å². The van der Waals surface area contributed by atoms with Gasteiger partial charge in [0.15, 0.2) is 4.34 Å². The van der Waals surface area contributed by atoms with Gasteiger partial charge in [0.2, 0.25) is 11.0 Å². The molecule has 0 bridgehead atoms. The molecule has 29 heavy (non-hydrogen) atoms. The number of thioether (sulfide) groups is 1. The largest absolute Gasteiger partial charge is 0.497 e. The smallest absolute Gasteiger partial charge is 0.309 e. The molecular weight excluding hydrogens is 412 g/mol. The SMILES string of the molecule is CCOC(=O)C1CCN(C(=O)CSc2nnc(Nc3cccc(OC)c3)s2)CC1. The Morgan fingerprint density at radius 1 is 1.31 bits per heavy atom. The summed E-state index contributed by atoms with van der Waals surface area (Å²) in [6.07, 6.45) is 1.31. The summed E-state index contributed by atoms with van der Waals surface area (Å²) in [5, 5.41) is 12.1. The van der Waals surface area contributed by atoms with Crippen LogP contribution in [0.1, 0.15) is 19.8 Å². The third-order valence-corrected chi connectivity index (χ3v) is 6.47. The summed E-state index contributed by atoms with van der Waals surface area (Å²) in [4.78, 5) is 26.1. The first-order chi connectivity index (χ1) is 14.1. The zero-order valence-electron chi connectivity index (χ0n) is 16.4. The minimum absolute atomic E-state index is 0.0508. The van der Waals surface area contributed by atoms with Crippen molar-refractivity contribution in [2.75, 3.05) is 37.9 Å². The summed E-state index contributed by atoms with van der Waals surface area (Å²) in [6, 6.07) is 7.55. The Labute approximate surface area is 178 Å². The number of ether oxygens (including phenoxy) is 2. The van der Waals surface area contributed by atoms with Gasteiger partial charge in [0.1, 0.15) is 5.75 Å². The molecule has 0 unspecified atom stereocenters. The molecule has 1 aromatic carbocycles. The lowest BCUT2D eigenvalue weighted by Crippen LogP contribution is -2.41. The summed E-state index contributed by atoms with van der Waals surface area (Å²) >= 11 is 2.77. The number of benzene rings is 1. The molecule has 1 fully saturated rings. The topological polar surface area (TPSA) is 93.7 Å². The fraction of sp³-hybridized carbons (Fsp3) is 0.474. The first-order valence-electron chi connectivity index (χ1n) is 9.40. The highest BCUT2D eigenvalue weighted by molar-refractivity contribution is 8.01. The van der Waals surface area contributed by atoms with Gasteiger partial charge in [0.05, 0.1) is 25.4 Å². The second kappa shape index (κ2) is 10.4. The van der Waals surface area contributed by atoms with Crippen molar-refractivity contribution in [2.45, 2.75) is 24.1 Å². The quantitative estimate of drug-likeness (QED) is 0.498. The van der Waals surface area contributed by atoms with E-state index in [0.29, 0.717) is 43.4 Å². The van der Waals surface area contributed by atoms with Crippen LogP contribution >= 0.6 is 23.1 Å². The Kier molecular flexibility index (Phi) is 7.70. The van der Waals surface area contributed by atoms with Crippen molar-refractivity contribution in [3.05, 3.63) is 24.3 Å². The Hall–Kier alpha value is -2.33. The van der Waals surface area contributed by atoms with E-state index in [9.17, 15) is 9.59 Å². The normalized spacial score (nSPS) is 14.5. The number of esters is 1. The Balaban J connectivity index is 1.45. The Bertz CT molecular complexity index is 837. The molecular formula is C19H24N4O4S2. The van der Waals surface area contributed by atoms with Crippen molar-refractivity contribution in [1.29, 1.82) is 0 Å². The first kappa shape index (κ1) is 21.4. The molecule has 1 saturated heterocycles. The van der Waals surface area contributed by atoms with Gasteiger partial charge in [-0.3, -0.25) is 9.59 Å². The van der Waals surface area contributed by atoms with Crippen molar-refractivity contribution in [2.24, 2.45) is 5.92 Å². The summed E-state index contributed by atoms with van der Waals surface area (Å²) in [5.41, 5.74) is 0.859. The van der Waals surface area contributed by atoms with Gasteiger partial charge in [0, 0.05) is 24.8 Å². The highest BCUT2D eigenvalue weighted by atomic mass is 32.2. The minimum Gasteiger partial charge on any atom is -0.497 e. The van der Waals surface area contributed by atoms with Gasteiger partial charge in [-0.2, -0.15) is 0 Å². The van der Waals surface area contributed by atoms with E-state index in [0.717, 1.165) is 15.8 Å². The number of methoxy groups -OCH3 is 1. The number of likely N-dealkylation sites (tertiary alicyclic amines) is 1. The number of piperidine rings is 1. The lowest BCUT2D eigenvalue weighted by Gasteiger charge is -2.30. The molecule has 0 saturated carbocycles. The number of hydrogen-bond acceptors (Lipinski definition) is 9. The van der Waals surface area contributed by atoms with Crippen molar-refractivity contribution in [3.8, 4) is 5.75 Å². The van der Waals surface area contributed by atoms with Gasteiger partial charge < -0.3 is 19.7 Å². The summed E-state index contributed by atoms with van der Waals surface area (Å²) in [7, 11) is 1.62. The molecule has 1 N–H and O–H groups in total. The number of anilines is 2. The van der Waals surface area contributed by atoms with Crippen molar-refractivity contribution in [1.82, 2.24) is 15.1 Å². The predicted octanol–water partition coefficient (Wildman–Crippen LogP) is 3.18. The molecule has 10 heteroatoms. The van der Waals surface area contributed by atoms with Crippen LogP contribution in [0.25, 0.3) is 0 Å². The number of carbonyl (C=O) groups excluding carboxylic acids is 2. The van der Waals surface area contributed by atoms with Crippen LogP contribution in [0.4, 0.5) is 10.8 Å². The molecule has 3 rings (SSSR count). The standard InChI is InChI=1S/C19H24N4O4S2/c1-3-27-17(25)13-7-9-23(10-8-13)16(24)12-28-19-22-21-18(29-19)20-14-5-4-6-15(11-14)26-2/h4-6,11,13H,3,7-10,12H2,1-2H3,(H,20,21). The molecule has 2 aromatic rings. The maximum Gasteiger partial charge on any atom is 0.309 e. The summed E-state index contributed by atoms with van der Waals surface area (Å²) in [6.45, 7) is 3.37. The maximum atomic E-state index is 12.5. The van der Waals surface area contributed by atoms with E-state index in [4.69, 9.17) is 9.47 Å². The summed E-state index contributed by atoms with van der Waals surface area (Å²) < 4.78 is 11.0. The number of nitrogens with zero attached hydrogens (tertiary/aromatic N) is 3. The van der Waals surface area contributed by atoms with Gasteiger partial charge in [0.25, 0.3) is 0 Å². The molecule has 1 amide bonds. The Morgan fingerprint density at radius 3 is 2.83 bits per heavy atom. The lowest BCUT2D eigenvalue weighted by atomic mass is 9.97. The monoisotopic (exact) mass is 436 g/mol. The number of aromatic nitrogens is 2. The molecule has 0 aliphatic carbocycles. The van der Waals surface area contributed by atoms with Crippen molar-refractivity contribution >= 4 is 45.8 Å². The van der Waals surface area contributed by atoms with Crippen LogP contribution < -0.4 is 10.1 Å². The van der Waals surface area contributed by atoms with E-state index in [-0.39, 0.29) is 17.8 Å². The van der Waals surface area contributed by atoms with Crippen LogP contribution in [0.2, 0.25) is 0 Å². The third kappa shape index (κ3) is 6.07. The van der Waals surface area contributed by atoms with Crippen LogP contribution in [0.3, 0.4) is 0 Å². The fourth-order valence-electron chi connectivity index (χ4n) is 2.98. The van der Waals surface area contributed by atoms with E-state index in [1.54, 1.807) is 18.9 Å². The number of nitrogens with one attached hydrogen (secondary N) is 1. The van der Waals surface area contributed by atoms with Crippen LogP contribution in [-0.4, -0.2) is 59.5 Å². The van der Waals surface area contributed by atoms with E-state index in [2.05, 4.69) is 15.5 Å². The van der Waals surface area contributed by atoms with Crippen LogP contribution in [0.5, 0.6) is 5.75 Å². The second-order valence-electron chi connectivity index (χ2n) is 6.43. The minimum atomic E-state index is -0.154. The number of rotatable bonds is 8. The number of hydrogen-bond donors (Lipinski definition) is 1. The average molecular weight is 437 g/mol. The molecule has 1 aliphatic rings. The first-order valence-corrected chi connectivity index (χ1v) is 11.2. The van der Waals surface area contributed by atoms with Crippen LogP contribution in [-0.2, 0) is 14.3 Å². The van der Waals surface area contributed by atoms with Crippen molar-refractivity contribution in [3.63, 3.8) is 0 Å². The highest BCUT2D eigenvalue weighted by Crippen LogP contribution is 2.29. The van der Waals surface area contributed by atoms with Gasteiger partial charge >= 0.3 is 5.97 Å².